The second-order valence-electron chi connectivity index (χ2n) is 5.07. The first-order valence-electron chi connectivity index (χ1n) is 6.62. The zero-order valence-electron chi connectivity index (χ0n) is 11.0. The summed E-state index contributed by atoms with van der Waals surface area (Å²) >= 11 is 1.85. The molecule has 2 heteroatoms. The third-order valence-corrected chi connectivity index (χ3v) is 4.99. The van der Waals surface area contributed by atoms with Gasteiger partial charge >= 0.3 is 0 Å². The third-order valence-electron chi connectivity index (χ3n) is 3.91. The van der Waals surface area contributed by atoms with Crippen molar-refractivity contribution in [2.75, 3.05) is 7.05 Å². The number of hydrogen-bond acceptors (Lipinski definition) is 2. The van der Waals surface area contributed by atoms with Crippen molar-refractivity contribution >= 4 is 11.3 Å². The van der Waals surface area contributed by atoms with Crippen molar-refractivity contribution in [3.05, 3.63) is 56.8 Å². The largest absolute Gasteiger partial charge is 0.309 e. The lowest BCUT2D eigenvalue weighted by molar-refractivity contribution is 0.699. The van der Waals surface area contributed by atoms with Gasteiger partial charge in [-0.15, -0.1) is 11.3 Å². The summed E-state index contributed by atoms with van der Waals surface area (Å²) in [6, 6.07) is 9.58. The molecular weight excluding hydrogens is 238 g/mol. The second-order valence-corrected chi connectivity index (χ2v) is 6.02. The molecule has 2 aromatic rings. The number of benzene rings is 1. The molecule has 0 saturated carbocycles. The van der Waals surface area contributed by atoms with Crippen LogP contribution in [0.2, 0.25) is 0 Å². The lowest BCUT2D eigenvalue weighted by Gasteiger charge is -2.17. The Balaban J connectivity index is 2.00. The highest BCUT2D eigenvalue weighted by Gasteiger charge is 2.18. The van der Waals surface area contributed by atoms with Crippen molar-refractivity contribution in [1.82, 2.24) is 5.32 Å². The highest BCUT2D eigenvalue weighted by Crippen LogP contribution is 2.32. The Morgan fingerprint density at radius 1 is 1.17 bits per heavy atom. The van der Waals surface area contributed by atoms with Gasteiger partial charge in [0.25, 0.3) is 0 Å². The van der Waals surface area contributed by atoms with Crippen LogP contribution in [0, 0.1) is 6.92 Å². The Labute approximate surface area is 113 Å². The highest BCUT2D eigenvalue weighted by molar-refractivity contribution is 7.10. The molecule has 3 rings (SSSR count). The molecule has 1 aromatic heterocycles. The molecule has 0 spiro atoms. The van der Waals surface area contributed by atoms with Crippen molar-refractivity contribution in [3.63, 3.8) is 0 Å². The molecule has 1 unspecified atom stereocenters. The van der Waals surface area contributed by atoms with Crippen molar-refractivity contribution in [2.45, 2.75) is 32.2 Å². The Bertz CT molecular complexity index is 556. The maximum atomic E-state index is 3.46. The van der Waals surface area contributed by atoms with Gasteiger partial charge in [0.15, 0.2) is 0 Å². The molecule has 1 nitrogen and oxygen atoms in total. The average molecular weight is 257 g/mol. The SMILES string of the molecule is CNC(c1ccc2c(c1)CCC2)c1sccc1C. The number of thiophene rings is 1. The average Bonchev–Trinajstić information content (AvgIpc) is 2.99. The molecule has 0 aliphatic heterocycles. The number of nitrogens with one attached hydrogen (secondary N) is 1. The molecule has 0 fully saturated rings. The minimum atomic E-state index is 0.343. The van der Waals surface area contributed by atoms with Gasteiger partial charge < -0.3 is 5.32 Å². The molecule has 1 aliphatic carbocycles. The number of fused-ring (bicyclic) bond motifs is 1. The van der Waals surface area contributed by atoms with Crippen molar-refractivity contribution in [3.8, 4) is 0 Å². The van der Waals surface area contributed by atoms with Crippen molar-refractivity contribution in [2.24, 2.45) is 0 Å². The number of hydrogen-bond donors (Lipinski definition) is 1. The molecule has 1 N–H and O–H groups in total. The topological polar surface area (TPSA) is 12.0 Å². The van der Waals surface area contributed by atoms with Gasteiger partial charge in [0.1, 0.15) is 0 Å². The minimum absolute atomic E-state index is 0.343. The van der Waals surface area contributed by atoms with E-state index in [4.69, 9.17) is 0 Å². The summed E-state index contributed by atoms with van der Waals surface area (Å²) in [5.74, 6) is 0. The minimum Gasteiger partial charge on any atom is -0.309 e. The normalized spacial score (nSPS) is 15.7. The van der Waals surface area contributed by atoms with E-state index in [0.29, 0.717) is 6.04 Å². The summed E-state index contributed by atoms with van der Waals surface area (Å²) < 4.78 is 0. The molecule has 94 valence electrons. The van der Waals surface area contributed by atoms with Crippen LogP contribution in [0.25, 0.3) is 0 Å². The Kier molecular flexibility index (Phi) is 3.23. The summed E-state index contributed by atoms with van der Waals surface area (Å²) in [6.07, 6.45) is 3.84. The van der Waals surface area contributed by atoms with E-state index in [9.17, 15) is 0 Å². The second kappa shape index (κ2) is 4.87. The van der Waals surface area contributed by atoms with E-state index in [2.05, 4.69) is 48.9 Å². The van der Waals surface area contributed by atoms with Crippen LogP contribution in [0.1, 0.15) is 39.6 Å². The van der Waals surface area contributed by atoms with Crippen molar-refractivity contribution < 1.29 is 0 Å². The third kappa shape index (κ3) is 2.00. The molecule has 1 aliphatic rings. The van der Waals surface area contributed by atoms with Gasteiger partial charge in [-0.05, 0) is 66.9 Å². The van der Waals surface area contributed by atoms with Crippen LogP contribution in [-0.4, -0.2) is 7.05 Å². The lowest BCUT2D eigenvalue weighted by Crippen LogP contribution is -2.17. The Morgan fingerprint density at radius 3 is 2.72 bits per heavy atom. The predicted octanol–water partition coefficient (Wildman–Crippen LogP) is 3.85. The van der Waals surface area contributed by atoms with Crippen LogP contribution >= 0.6 is 11.3 Å². The molecule has 1 aromatic carbocycles. The van der Waals surface area contributed by atoms with E-state index < -0.39 is 0 Å². The first kappa shape index (κ1) is 11.9. The molecule has 1 atom stereocenters. The van der Waals surface area contributed by atoms with Gasteiger partial charge in [-0.25, -0.2) is 0 Å². The van der Waals surface area contributed by atoms with E-state index >= 15 is 0 Å². The van der Waals surface area contributed by atoms with Gasteiger partial charge in [0.2, 0.25) is 0 Å². The monoisotopic (exact) mass is 257 g/mol. The van der Waals surface area contributed by atoms with E-state index in [0.717, 1.165) is 0 Å². The molecule has 0 radical (unpaired) electrons. The van der Waals surface area contributed by atoms with Gasteiger partial charge in [-0.1, -0.05) is 18.2 Å². The highest BCUT2D eigenvalue weighted by atomic mass is 32.1. The summed E-state index contributed by atoms with van der Waals surface area (Å²) in [6.45, 7) is 2.20. The first-order valence-corrected chi connectivity index (χ1v) is 7.50. The smallest absolute Gasteiger partial charge is 0.0671 e. The maximum absolute atomic E-state index is 3.46. The quantitative estimate of drug-likeness (QED) is 0.880. The molecule has 1 heterocycles. The molecule has 0 amide bonds. The fraction of sp³-hybridized carbons (Fsp3) is 0.375. The van der Waals surface area contributed by atoms with Gasteiger partial charge in [-0.3, -0.25) is 0 Å². The summed E-state index contributed by atoms with van der Waals surface area (Å²) in [5, 5.41) is 5.65. The van der Waals surface area contributed by atoms with E-state index in [1.165, 1.54) is 35.3 Å². The van der Waals surface area contributed by atoms with Gasteiger partial charge in [0.05, 0.1) is 6.04 Å². The summed E-state index contributed by atoms with van der Waals surface area (Å²) in [5.41, 5.74) is 5.90. The predicted molar refractivity (Wildman–Crippen MR) is 78.4 cm³/mol. The van der Waals surface area contributed by atoms with Gasteiger partial charge in [-0.2, -0.15) is 0 Å². The van der Waals surface area contributed by atoms with Crippen LogP contribution < -0.4 is 5.32 Å². The van der Waals surface area contributed by atoms with Gasteiger partial charge in [0, 0.05) is 4.88 Å². The molecule has 18 heavy (non-hydrogen) atoms. The molecular formula is C16H19NS. The zero-order valence-corrected chi connectivity index (χ0v) is 11.8. The van der Waals surface area contributed by atoms with E-state index in [-0.39, 0.29) is 0 Å². The van der Waals surface area contributed by atoms with E-state index in [1.54, 1.807) is 11.1 Å². The maximum Gasteiger partial charge on any atom is 0.0671 e. The summed E-state index contributed by atoms with van der Waals surface area (Å²) in [7, 11) is 2.05. The van der Waals surface area contributed by atoms with Crippen LogP contribution in [0.4, 0.5) is 0 Å². The van der Waals surface area contributed by atoms with Crippen molar-refractivity contribution in [1.29, 1.82) is 0 Å². The summed E-state index contributed by atoms with van der Waals surface area (Å²) in [4.78, 5) is 1.44. The van der Waals surface area contributed by atoms with Crippen LogP contribution in [0.5, 0.6) is 0 Å². The van der Waals surface area contributed by atoms with Crippen LogP contribution in [0.3, 0.4) is 0 Å². The molecule has 0 saturated heterocycles. The number of aryl methyl sites for hydroxylation is 3. The Hall–Kier alpha value is -1.12. The standard InChI is InChI=1S/C16H19NS/c1-11-8-9-18-16(11)15(17-2)14-7-6-12-4-3-5-13(12)10-14/h6-10,15,17H,3-5H2,1-2H3. The lowest BCUT2D eigenvalue weighted by atomic mass is 9.99. The van der Waals surface area contributed by atoms with Crippen LogP contribution in [-0.2, 0) is 12.8 Å². The molecule has 0 bridgehead atoms. The van der Waals surface area contributed by atoms with Crippen LogP contribution in [0.15, 0.2) is 29.6 Å². The zero-order chi connectivity index (χ0) is 12.5. The first-order chi connectivity index (χ1) is 8.79. The number of rotatable bonds is 3. The Morgan fingerprint density at radius 2 is 2.00 bits per heavy atom. The fourth-order valence-corrected chi connectivity index (χ4v) is 3.96. The van der Waals surface area contributed by atoms with E-state index in [1.807, 2.05) is 11.3 Å². The fourth-order valence-electron chi connectivity index (χ4n) is 2.90.